The number of sulfonamides is 1. The molecule has 0 aliphatic carbocycles. The summed E-state index contributed by atoms with van der Waals surface area (Å²) >= 11 is 0. The van der Waals surface area contributed by atoms with Crippen molar-refractivity contribution in [1.29, 1.82) is 0 Å². The van der Waals surface area contributed by atoms with E-state index in [2.05, 4.69) is 6.58 Å². The van der Waals surface area contributed by atoms with Gasteiger partial charge in [-0.1, -0.05) is 6.08 Å². The second-order valence-electron chi connectivity index (χ2n) is 5.20. The van der Waals surface area contributed by atoms with E-state index in [0.717, 1.165) is 6.08 Å². The smallest absolute Gasteiger partial charge is 0.321 e. The van der Waals surface area contributed by atoms with Crippen LogP contribution in [0.2, 0.25) is 0 Å². The Morgan fingerprint density at radius 3 is 2.35 bits per heavy atom. The normalized spacial score (nSPS) is 13.6. The molecule has 0 radical (unpaired) electrons. The minimum Gasteiger partial charge on any atom is -0.480 e. The lowest BCUT2D eigenvalue weighted by molar-refractivity contribution is -0.155. The van der Waals surface area contributed by atoms with Crippen molar-refractivity contribution in [3.63, 3.8) is 0 Å². The average molecular weight is 307 g/mol. The van der Waals surface area contributed by atoms with Crippen LogP contribution in [0, 0.1) is 0 Å². The van der Waals surface area contributed by atoms with E-state index in [1.807, 2.05) is 4.72 Å². The third kappa shape index (κ3) is 8.65. The van der Waals surface area contributed by atoms with Crippen molar-refractivity contribution >= 4 is 22.0 Å². The SMILES string of the molecule is C=CCS(=O)(=O)N[C@H](CCC(=O)OC(C)(C)C)C(=O)O. The van der Waals surface area contributed by atoms with Crippen LogP contribution in [-0.2, 0) is 24.3 Å². The molecule has 0 spiro atoms. The van der Waals surface area contributed by atoms with Gasteiger partial charge in [0.2, 0.25) is 10.0 Å². The molecule has 0 bridgehead atoms. The van der Waals surface area contributed by atoms with Crippen molar-refractivity contribution in [2.45, 2.75) is 45.3 Å². The lowest BCUT2D eigenvalue weighted by Crippen LogP contribution is -2.42. The molecule has 0 heterocycles. The summed E-state index contributed by atoms with van der Waals surface area (Å²) < 4.78 is 29.9. The summed E-state index contributed by atoms with van der Waals surface area (Å²) in [4.78, 5) is 22.4. The fourth-order valence-corrected chi connectivity index (χ4v) is 2.37. The van der Waals surface area contributed by atoms with Gasteiger partial charge in [-0.15, -0.1) is 6.58 Å². The Balaban J connectivity index is 4.55. The zero-order valence-electron chi connectivity index (χ0n) is 11.9. The van der Waals surface area contributed by atoms with E-state index in [1.165, 1.54) is 0 Å². The Morgan fingerprint density at radius 1 is 1.40 bits per heavy atom. The molecule has 0 unspecified atom stereocenters. The summed E-state index contributed by atoms with van der Waals surface area (Å²) in [6.45, 7) is 8.33. The van der Waals surface area contributed by atoms with E-state index in [0.29, 0.717) is 0 Å². The molecule has 8 heteroatoms. The van der Waals surface area contributed by atoms with Crippen molar-refractivity contribution < 1.29 is 27.9 Å². The molecule has 0 rings (SSSR count). The van der Waals surface area contributed by atoms with Gasteiger partial charge in [0.1, 0.15) is 11.6 Å². The van der Waals surface area contributed by atoms with Crippen LogP contribution >= 0.6 is 0 Å². The second kappa shape index (κ2) is 7.39. The van der Waals surface area contributed by atoms with Gasteiger partial charge >= 0.3 is 11.9 Å². The van der Waals surface area contributed by atoms with E-state index in [4.69, 9.17) is 9.84 Å². The Bertz CT molecular complexity index is 463. The highest BCUT2D eigenvalue weighted by atomic mass is 32.2. The predicted molar refractivity (Wildman–Crippen MR) is 73.6 cm³/mol. The molecule has 0 aromatic rings. The molecule has 0 aromatic heterocycles. The first-order chi connectivity index (χ1) is 8.97. The molecule has 7 nitrogen and oxygen atoms in total. The molecule has 116 valence electrons. The van der Waals surface area contributed by atoms with E-state index < -0.39 is 33.6 Å². The molecule has 1 atom stereocenters. The number of rotatable bonds is 8. The van der Waals surface area contributed by atoms with E-state index >= 15 is 0 Å². The molecule has 0 fully saturated rings. The number of ether oxygens (including phenoxy) is 1. The zero-order valence-corrected chi connectivity index (χ0v) is 12.7. The van der Waals surface area contributed by atoms with Crippen LogP contribution < -0.4 is 4.72 Å². The fraction of sp³-hybridized carbons (Fsp3) is 0.667. The quantitative estimate of drug-likeness (QED) is 0.504. The van der Waals surface area contributed by atoms with E-state index in [1.54, 1.807) is 20.8 Å². The maximum atomic E-state index is 11.5. The first-order valence-corrected chi connectivity index (χ1v) is 7.67. The topological polar surface area (TPSA) is 110 Å². The molecule has 0 aliphatic rings. The molecular formula is C12H21NO6S. The molecule has 2 N–H and O–H groups in total. The largest absolute Gasteiger partial charge is 0.480 e. The summed E-state index contributed by atoms with van der Waals surface area (Å²) in [5, 5.41) is 8.95. The third-order valence-electron chi connectivity index (χ3n) is 2.01. The number of hydrogen-bond acceptors (Lipinski definition) is 5. The van der Waals surface area contributed by atoms with Gasteiger partial charge in [-0.05, 0) is 27.2 Å². The molecule has 20 heavy (non-hydrogen) atoms. The third-order valence-corrected chi connectivity index (χ3v) is 3.33. The summed E-state index contributed by atoms with van der Waals surface area (Å²) in [5.41, 5.74) is -0.669. The van der Waals surface area contributed by atoms with Crippen molar-refractivity contribution in [3.8, 4) is 0 Å². The maximum Gasteiger partial charge on any atom is 0.321 e. The van der Waals surface area contributed by atoms with Crippen LogP contribution in [0.1, 0.15) is 33.6 Å². The highest BCUT2D eigenvalue weighted by Crippen LogP contribution is 2.10. The van der Waals surface area contributed by atoms with Crippen LogP contribution in [0.4, 0.5) is 0 Å². The Hall–Kier alpha value is -1.41. The minimum absolute atomic E-state index is 0.180. The average Bonchev–Trinajstić information content (AvgIpc) is 2.21. The first kappa shape index (κ1) is 18.6. The number of carbonyl (C=O) groups excluding carboxylic acids is 1. The van der Waals surface area contributed by atoms with Gasteiger partial charge in [0.25, 0.3) is 0 Å². The van der Waals surface area contributed by atoms with Gasteiger partial charge in [0.15, 0.2) is 0 Å². The van der Waals surface area contributed by atoms with Gasteiger partial charge in [-0.2, -0.15) is 0 Å². The zero-order chi connectivity index (χ0) is 16.0. The highest BCUT2D eigenvalue weighted by molar-refractivity contribution is 7.89. The van der Waals surface area contributed by atoms with E-state index in [-0.39, 0.29) is 18.6 Å². The molecular weight excluding hydrogens is 286 g/mol. The van der Waals surface area contributed by atoms with Crippen LogP contribution in [0.5, 0.6) is 0 Å². The first-order valence-electron chi connectivity index (χ1n) is 6.02. The molecule has 0 aliphatic heterocycles. The fourth-order valence-electron chi connectivity index (χ4n) is 1.31. The summed E-state index contributed by atoms with van der Waals surface area (Å²) in [7, 11) is -3.76. The van der Waals surface area contributed by atoms with Crippen molar-refractivity contribution in [1.82, 2.24) is 4.72 Å². The van der Waals surface area contributed by atoms with Crippen LogP contribution in [0.25, 0.3) is 0 Å². The van der Waals surface area contributed by atoms with Gasteiger partial charge in [-0.3, -0.25) is 9.59 Å². The monoisotopic (exact) mass is 307 g/mol. The standard InChI is InChI=1S/C12H21NO6S/c1-5-8-20(17,18)13-9(11(15)16)6-7-10(14)19-12(2,3)4/h5,9,13H,1,6-8H2,2-4H3,(H,15,16)/t9-/m1/s1. The van der Waals surface area contributed by atoms with Gasteiger partial charge < -0.3 is 9.84 Å². The van der Waals surface area contributed by atoms with Crippen molar-refractivity contribution in [2.24, 2.45) is 0 Å². The van der Waals surface area contributed by atoms with Crippen molar-refractivity contribution in [3.05, 3.63) is 12.7 Å². The van der Waals surface area contributed by atoms with E-state index in [9.17, 15) is 18.0 Å². The second-order valence-corrected chi connectivity index (χ2v) is 7.00. The van der Waals surface area contributed by atoms with Crippen LogP contribution in [-0.4, -0.2) is 42.9 Å². The lowest BCUT2D eigenvalue weighted by Gasteiger charge is -2.20. The highest BCUT2D eigenvalue weighted by Gasteiger charge is 2.25. The Morgan fingerprint density at radius 2 is 1.95 bits per heavy atom. The minimum atomic E-state index is -3.76. The Labute approximate surface area is 119 Å². The van der Waals surface area contributed by atoms with Gasteiger partial charge in [0.05, 0.1) is 5.75 Å². The number of carboxylic acids is 1. The number of hydrogen-bond donors (Lipinski definition) is 2. The van der Waals surface area contributed by atoms with Gasteiger partial charge in [0, 0.05) is 6.42 Å². The number of nitrogens with one attached hydrogen (secondary N) is 1. The van der Waals surface area contributed by atoms with Gasteiger partial charge in [-0.25, -0.2) is 13.1 Å². The van der Waals surface area contributed by atoms with Crippen LogP contribution in [0.15, 0.2) is 12.7 Å². The number of carboxylic acid groups (broad SMARTS) is 1. The summed E-state index contributed by atoms with van der Waals surface area (Å²) in [6.07, 6.45) is 0.778. The molecule has 0 aromatic carbocycles. The molecule has 0 amide bonds. The summed E-state index contributed by atoms with van der Waals surface area (Å²) in [5.74, 6) is -2.31. The maximum absolute atomic E-state index is 11.5. The number of aliphatic carboxylic acids is 1. The number of carbonyl (C=O) groups is 2. The Kier molecular flexibility index (Phi) is 6.87. The van der Waals surface area contributed by atoms with Crippen molar-refractivity contribution in [2.75, 3.05) is 5.75 Å². The van der Waals surface area contributed by atoms with Crippen LogP contribution in [0.3, 0.4) is 0 Å². The lowest BCUT2D eigenvalue weighted by atomic mass is 10.1. The molecule has 0 saturated heterocycles. The number of esters is 1. The predicted octanol–water partition coefficient (Wildman–Crippen LogP) is 0.667. The molecule has 0 saturated carbocycles. The summed E-state index contributed by atoms with van der Waals surface area (Å²) in [6, 6.07) is -1.37.